The van der Waals surface area contributed by atoms with Crippen molar-refractivity contribution in [3.05, 3.63) is 53.4 Å². The van der Waals surface area contributed by atoms with Crippen LogP contribution < -0.4 is 5.32 Å². The summed E-state index contributed by atoms with van der Waals surface area (Å²) in [6, 6.07) is 12.8. The molecule has 1 aromatic heterocycles. The molecule has 23 heavy (non-hydrogen) atoms. The molecule has 7 heteroatoms. The number of benzene rings is 1. The molecule has 1 aliphatic carbocycles. The fourth-order valence-corrected chi connectivity index (χ4v) is 4.74. The monoisotopic (exact) mass is 350 g/mol. The van der Waals surface area contributed by atoms with Crippen LogP contribution in [-0.2, 0) is 21.4 Å². The fraction of sp³-hybridized carbons (Fsp3) is 0.312. The summed E-state index contributed by atoms with van der Waals surface area (Å²) in [5.74, 6) is -0.247. The highest BCUT2D eigenvalue weighted by atomic mass is 32.2. The maximum atomic E-state index is 12.8. The summed E-state index contributed by atoms with van der Waals surface area (Å²) < 4.78 is 27.1. The molecule has 2 aromatic rings. The summed E-state index contributed by atoms with van der Waals surface area (Å²) in [5.41, 5.74) is 0.854. The van der Waals surface area contributed by atoms with Gasteiger partial charge in [-0.2, -0.15) is 4.31 Å². The number of carbonyl (C=O) groups excluding carboxylic acids is 1. The van der Waals surface area contributed by atoms with Gasteiger partial charge in [0.25, 0.3) is 10.0 Å². The first kappa shape index (κ1) is 16.2. The minimum absolute atomic E-state index is 0.161. The van der Waals surface area contributed by atoms with Crippen molar-refractivity contribution in [2.24, 2.45) is 0 Å². The van der Waals surface area contributed by atoms with E-state index in [2.05, 4.69) is 5.32 Å². The molecule has 0 aliphatic heterocycles. The van der Waals surface area contributed by atoms with Gasteiger partial charge in [-0.05, 0) is 29.9 Å². The Bertz CT molecular complexity index is 754. The zero-order chi connectivity index (χ0) is 16.3. The lowest BCUT2D eigenvalue weighted by atomic mass is 10.2. The highest BCUT2D eigenvalue weighted by Gasteiger charge is 2.30. The molecule has 3 rings (SSSR count). The number of rotatable bonds is 7. The summed E-state index contributed by atoms with van der Waals surface area (Å²) in [6.45, 7) is 0.0186. The van der Waals surface area contributed by atoms with Crippen molar-refractivity contribution < 1.29 is 13.2 Å². The van der Waals surface area contributed by atoms with Crippen molar-refractivity contribution in [1.82, 2.24) is 9.62 Å². The van der Waals surface area contributed by atoms with Crippen molar-refractivity contribution in [2.75, 3.05) is 6.54 Å². The van der Waals surface area contributed by atoms with Gasteiger partial charge in [0.15, 0.2) is 0 Å². The van der Waals surface area contributed by atoms with Crippen molar-refractivity contribution in [3.63, 3.8) is 0 Å². The summed E-state index contributed by atoms with van der Waals surface area (Å²) in [4.78, 5) is 12.1. The molecule has 0 saturated heterocycles. The fourth-order valence-electron chi connectivity index (χ4n) is 2.21. The Labute approximate surface area is 140 Å². The van der Waals surface area contributed by atoms with Crippen LogP contribution in [0.2, 0.25) is 0 Å². The Morgan fingerprint density at radius 1 is 1.17 bits per heavy atom. The average Bonchev–Trinajstić information content (AvgIpc) is 3.16. The molecule has 5 nitrogen and oxygen atoms in total. The van der Waals surface area contributed by atoms with Gasteiger partial charge in [0.2, 0.25) is 5.91 Å². The van der Waals surface area contributed by atoms with Crippen LogP contribution in [0.15, 0.2) is 52.1 Å². The van der Waals surface area contributed by atoms with E-state index in [0.717, 1.165) is 29.7 Å². The van der Waals surface area contributed by atoms with Gasteiger partial charge >= 0.3 is 0 Å². The minimum Gasteiger partial charge on any atom is -0.352 e. The number of carbonyl (C=O) groups is 1. The third-order valence-corrected chi connectivity index (χ3v) is 6.72. The Hall–Kier alpha value is -1.70. The van der Waals surface area contributed by atoms with E-state index < -0.39 is 10.0 Å². The van der Waals surface area contributed by atoms with Crippen LogP contribution in [0, 0.1) is 0 Å². The van der Waals surface area contributed by atoms with E-state index in [1.54, 1.807) is 17.5 Å². The normalized spacial score (nSPS) is 14.8. The maximum Gasteiger partial charge on any atom is 0.253 e. The highest BCUT2D eigenvalue weighted by molar-refractivity contribution is 7.91. The van der Waals surface area contributed by atoms with Gasteiger partial charge in [0.05, 0.1) is 6.54 Å². The molecule has 1 saturated carbocycles. The molecule has 1 aromatic carbocycles. The lowest BCUT2D eigenvalue weighted by Crippen LogP contribution is -2.40. The van der Waals surface area contributed by atoms with Crippen molar-refractivity contribution in [2.45, 2.75) is 29.6 Å². The van der Waals surface area contributed by atoms with E-state index in [-0.39, 0.29) is 29.2 Å². The molecule has 0 spiro atoms. The average molecular weight is 350 g/mol. The minimum atomic E-state index is -3.68. The predicted molar refractivity (Wildman–Crippen MR) is 89.5 cm³/mol. The smallest absolute Gasteiger partial charge is 0.253 e. The number of hydrogen-bond acceptors (Lipinski definition) is 4. The molecule has 1 N–H and O–H groups in total. The van der Waals surface area contributed by atoms with E-state index in [1.165, 1.54) is 4.31 Å². The Kier molecular flexibility index (Phi) is 4.79. The number of sulfonamides is 1. The van der Waals surface area contributed by atoms with Crippen LogP contribution in [0.4, 0.5) is 0 Å². The van der Waals surface area contributed by atoms with Gasteiger partial charge in [-0.25, -0.2) is 8.42 Å². The van der Waals surface area contributed by atoms with Gasteiger partial charge in [0, 0.05) is 12.6 Å². The molecule has 1 heterocycles. The standard InChI is InChI=1S/C16H18N2O3S2/c19-15(17-14-8-9-14)12-18(11-13-5-2-1-3-6-13)23(20,21)16-7-4-10-22-16/h1-7,10,14H,8-9,11-12H2,(H,17,19). The summed E-state index contributed by atoms with van der Waals surface area (Å²) in [6.07, 6.45) is 1.95. The summed E-state index contributed by atoms with van der Waals surface area (Å²) in [5, 5.41) is 4.57. The summed E-state index contributed by atoms with van der Waals surface area (Å²) >= 11 is 1.16. The van der Waals surface area contributed by atoms with Crippen LogP contribution in [0.3, 0.4) is 0 Å². The molecule has 0 bridgehead atoms. The first-order valence-corrected chi connectivity index (χ1v) is 9.74. The molecule has 0 unspecified atom stereocenters. The predicted octanol–water partition coefficient (Wildman–Crippen LogP) is 2.22. The molecule has 1 amide bonds. The zero-order valence-corrected chi connectivity index (χ0v) is 14.1. The second-order valence-corrected chi connectivity index (χ2v) is 8.65. The molecular weight excluding hydrogens is 332 g/mol. The lowest BCUT2D eigenvalue weighted by molar-refractivity contribution is -0.121. The van der Waals surface area contributed by atoms with Crippen LogP contribution in [0.1, 0.15) is 18.4 Å². The molecule has 0 atom stereocenters. The molecule has 0 radical (unpaired) electrons. The maximum absolute atomic E-state index is 12.8. The zero-order valence-electron chi connectivity index (χ0n) is 12.5. The second kappa shape index (κ2) is 6.82. The van der Waals surface area contributed by atoms with Gasteiger partial charge in [-0.3, -0.25) is 4.79 Å². The quantitative estimate of drug-likeness (QED) is 0.833. The third-order valence-electron chi connectivity index (χ3n) is 3.55. The number of nitrogens with zero attached hydrogens (tertiary/aromatic N) is 1. The first-order valence-electron chi connectivity index (χ1n) is 7.42. The van der Waals surface area contributed by atoms with E-state index in [1.807, 2.05) is 30.3 Å². The number of hydrogen-bond donors (Lipinski definition) is 1. The largest absolute Gasteiger partial charge is 0.352 e. The number of thiophene rings is 1. The first-order chi connectivity index (χ1) is 11.1. The third kappa shape index (κ3) is 4.19. The van der Waals surface area contributed by atoms with Crippen LogP contribution in [0.25, 0.3) is 0 Å². The molecule has 122 valence electrons. The SMILES string of the molecule is O=C(CN(Cc1ccccc1)S(=O)(=O)c1cccs1)NC1CC1. The van der Waals surface area contributed by atoms with Crippen molar-refractivity contribution in [3.8, 4) is 0 Å². The Morgan fingerprint density at radius 3 is 2.52 bits per heavy atom. The van der Waals surface area contributed by atoms with Gasteiger partial charge in [-0.1, -0.05) is 36.4 Å². The molecule has 1 fully saturated rings. The Morgan fingerprint density at radius 2 is 1.91 bits per heavy atom. The van der Waals surface area contributed by atoms with Crippen LogP contribution in [0.5, 0.6) is 0 Å². The van der Waals surface area contributed by atoms with Gasteiger partial charge in [0.1, 0.15) is 4.21 Å². The lowest BCUT2D eigenvalue weighted by Gasteiger charge is -2.21. The summed E-state index contributed by atoms with van der Waals surface area (Å²) in [7, 11) is -3.68. The Balaban J connectivity index is 1.81. The van der Waals surface area contributed by atoms with Crippen molar-refractivity contribution in [1.29, 1.82) is 0 Å². The second-order valence-electron chi connectivity index (χ2n) is 5.53. The van der Waals surface area contributed by atoms with Gasteiger partial charge in [-0.15, -0.1) is 11.3 Å². The van der Waals surface area contributed by atoms with Crippen LogP contribution >= 0.6 is 11.3 Å². The topological polar surface area (TPSA) is 66.5 Å². The molecular formula is C16H18N2O3S2. The molecule has 1 aliphatic rings. The van der Waals surface area contributed by atoms with Gasteiger partial charge < -0.3 is 5.32 Å². The van der Waals surface area contributed by atoms with Crippen LogP contribution in [-0.4, -0.2) is 31.2 Å². The number of amides is 1. The van der Waals surface area contributed by atoms with E-state index >= 15 is 0 Å². The van der Waals surface area contributed by atoms with E-state index in [0.29, 0.717) is 0 Å². The number of nitrogens with one attached hydrogen (secondary N) is 1. The highest BCUT2D eigenvalue weighted by Crippen LogP contribution is 2.23. The van der Waals surface area contributed by atoms with Crippen molar-refractivity contribution >= 4 is 27.3 Å². The van der Waals surface area contributed by atoms with E-state index in [4.69, 9.17) is 0 Å². The van der Waals surface area contributed by atoms with E-state index in [9.17, 15) is 13.2 Å².